The van der Waals surface area contributed by atoms with E-state index in [0.717, 1.165) is 10.6 Å². The summed E-state index contributed by atoms with van der Waals surface area (Å²) in [5, 5.41) is 2.78. The van der Waals surface area contributed by atoms with E-state index in [4.69, 9.17) is 9.47 Å². The minimum absolute atomic E-state index is 0.289. The minimum Gasteiger partial charge on any atom is -0.497 e. The van der Waals surface area contributed by atoms with Gasteiger partial charge >= 0.3 is 0 Å². The lowest BCUT2D eigenvalue weighted by molar-refractivity contribution is -0.117. The highest BCUT2D eigenvalue weighted by Gasteiger charge is 2.31. The highest BCUT2D eigenvalue weighted by molar-refractivity contribution is 7.92. The molecule has 1 amide bonds. The zero-order valence-electron chi connectivity index (χ0n) is 16.8. The number of carbonyl (C=O) groups excluding carboxylic acids is 1. The number of hydrogen-bond acceptors (Lipinski definition) is 5. The van der Waals surface area contributed by atoms with Gasteiger partial charge in [0.2, 0.25) is 15.9 Å². The van der Waals surface area contributed by atoms with Gasteiger partial charge in [0.05, 0.1) is 19.1 Å². The molecule has 2 rings (SSSR count). The maximum absolute atomic E-state index is 13.0. The molecule has 0 radical (unpaired) electrons. The first kappa shape index (κ1) is 22.3. The first-order valence-corrected chi connectivity index (χ1v) is 10.9. The van der Waals surface area contributed by atoms with E-state index < -0.39 is 22.0 Å². The second-order valence-electron chi connectivity index (χ2n) is 6.30. The zero-order valence-corrected chi connectivity index (χ0v) is 17.6. The van der Waals surface area contributed by atoms with Crippen molar-refractivity contribution in [2.45, 2.75) is 19.4 Å². The molecule has 156 valence electrons. The summed E-state index contributed by atoms with van der Waals surface area (Å²) in [6, 6.07) is 12.5. The van der Waals surface area contributed by atoms with E-state index in [1.807, 2.05) is 0 Å². The van der Waals surface area contributed by atoms with Gasteiger partial charge in [0.15, 0.2) is 0 Å². The molecule has 1 N–H and O–H groups in total. The van der Waals surface area contributed by atoms with Crippen molar-refractivity contribution in [3.8, 4) is 11.5 Å². The van der Waals surface area contributed by atoms with Crippen molar-refractivity contribution < 1.29 is 22.7 Å². The first-order chi connectivity index (χ1) is 13.8. The van der Waals surface area contributed by atoms with Crippen LogP contribution in [0, 0.1) is 0 Å². The van der Waals surface area contributed by atoms with Crippen LogP contribution in [-0.4, -0.2) is 40.3 Å². The molecule has 0 bridgehead atoms. The SMILES string of the molecule is C=CCOc1cccc(NC(=O)C(CC)N(c2ccc(OC)cc2)S(C)(=O)=O)c1. The lowest BCUT2D eigenvalue weighted by Crippen LogP contribution is -2.46. The predicted octanol–water partition coefficient (Wildman–Crippen LogP) is 3.44. The maximum atomic E-state index is 13.0. The quantitative estimate of drug-likeness (QED) is 0.598. The van der Waals surface area contributed by atoms with Crippen molar-refractivity contribution in [2.75, 3.05) is 29.6 Å². The average Bonchev–Trinajstić information content (AvgIpc) is 2.69. The van der Waals surface area contributed by atoms with E-state index in [-0.39, 0.29) is 6.42 Å². The number of carbonyl (C=O) groups is 1. The molecular formula is C21H26N2O5S. The Kier molecular flexibility index (Phi) is 7.67. The van der Waals surface area contributed by atoms with Crippen LogP contribution in [0.1, 0.15) is 13.3 Å². The van der Waals surface area contributed by atoms with E-state index in [9.17, 15) is 13.2 Å². The molecule has 0 aliphatic rings. The second kappa shape index (κ2) is 9.97. The topological polar surface area (TPSA) is 84.9 Å². The molecule has 0 spiro atoms. The Labute approximate surface area is 172 Å². The fraction of sp³-hybridized carbons (Fsp3) is 0.286. The lowest BCUT2D eigenvalue weighted by Gasteiger charge is -2.30. The van der Waals surface area contributed by atoms with Gasteiger partial charge in [-0.25, -0.2) is 8.42 Å². The summed E-state index contributed by atoms with van der Waals surface area (Å²) in [5.74, 6) is 0.733. The Balaban J connectivity index is 2.29. The Morgan fingerprint density at radius 2 is 1.90 bits per heavy atom. The van der Waals surface area contributed by atoms with E-state index in [1.54, 1.807) is 61.5 Å². The number of hydrogen-bond donors (Lipinski definition) is 1. The van der Waals surface area contributed by atoms with Crippen LogP contribution in [0.25, 0.3) is 0 Å². The van der Waals surface area contributed by atoms with Crippen molar-refractivity contribution in [1.82, 2.24) is 0 Å². The smallest absolute Gasteiger partial charge is 0.248 e. The Morgan fingerprint density at radius 1 is 1.21 bits per heavy atom. The lowest BCUT2D eigenvalue weighted by atomic mass is 10.1. The average molecular weight is 419 g/mol. The molecule has 0 saturated carbocycles. The van der Waals surface area contributed by atoms with Crippen molar-refractivity contribution in [3.63, 3.8) is 0 Å². The van der Waals surface area contributed by atoms with Gasteiger partial charge in [-0.3, -0.25) is 9.10 Å². The van der Waals surface area contributed by atoms with E-state index in [1.165, 1.54) is 7.11 Å². The number of sulfonamides is 1. The summed E-state index contributed by atoms with van der Waals surface area (Å²) in [4.78, 5) is 13.0. The molecule has 1 unspecified atom stereocenters. The van der Waals surface area contributed by atoms with Crippen LogP contribution in [0.3, 0.4) is 0 Å². The molecule has 2 aromatic rings. The number of benzene rings is 2. The van der Waals surface area contributed by atoms with E-state index in [0.29, 0.717) is 29.5 Å². The number of ether oxygens (including phenoxy) is 2. The Hall–Kier alpha value is -3.00. The van der Waals surface area contributed by atoms with Crippen LogP contribution in [-0.2, 0) is 14.8 Å². The van der Waals surface area contributed by atoms with Gasteiger partial charge in [-0.05, 0) is 42.8 Å². The normalized spacial score (nSPS) is 12.0. The molecule has 2 aromatic carbocycles. The minimum atomic E-state index is -3.71. The fourth-order valence-electron chi connectivity index (χ4n) is 2.83. The third kappa shape index (κ3) is 5.99. The standard InChI is InChI=1S/C21H26N2O5S/c1-5-14-28-19-9-7-8-16(15-19)22-21(24)20(6-2)23(29(4,25)26)17-10-12-18(27-3)13-11-17/h5,7-13,15,20H,1,6,14H2,2-4H3,(H,22,24). The molecule has 0 fully saturated rings. The number of methoxy groups -OCH3 is 1. The summed E-state index contributed by atoms with van der Waals surface area (Å²) in [7, 11) is -2.18. The number of amides is 1. The van der Waals surface area contributed by atoms with Gasteiger partial charge in [0.25, 0.3) is 0 Å². The highest BCUT2D eigenvalue weighted by Crippen LogP contribution is 2.26. The Bertz CT molecular complexity index is 942. The molecule has 0 aromatic heterocycles. The van der Waals surface area contributed by atoms with Gasteiger partial charge in [-0.2, -0.15) is 0 Å². The number of anilines is 2. The monoisotopic (exact) mass is 418 g/mol. The Morgan fingerprint density at radius 3 is 2.45 bits per heavy atom. The molecular weight excluding hydrogens is 392 g/mol. The third-order valence-corrected chi connectivity index (χ3v) is 5.31. The van der Waals surface area contributed by atoms with Crippen LogP contribution < -0.4 is 19.1 Å². The molecule has 0 saturated heterocycles. The van der Waals surface area contributed by atoms with Crippen LogP contribution in [0.5, 0.6) is 11.5 Å². The molecule has 0 aliphatic carbocycles. The van der Waals surface area contributed by atoms with E-state index >= 15 is 0 Å². The molecule has 0 heterocycles. The number of nitrogens with zero attached hydrogens (tertiary/aromatic N) is 1. The molecule has 8 heteroatoms. The van der Waals surface area contributed by atoms with E-state index in [2.05, 4.69) is 11.9 Å². The summed E-state index contributed by atoms with van der Waals surface area (Å²) < 4.78 is 36.7. The zero-order chi connectivity index (χ0) is 21.4. The van der Waals surface area contributed by atoms with Gasteiger partial charge in [-0.1, -0.05) is 25.6 Å². The van der Waals surface area contributed by atoms with Crippen molar-refractivity contribution in [3.05, 3.63) is 61.2 Å². The summed E-state index contributed by atoms with van der Waals surface area (Å²) in [6.07, 6.45) is 2.99. The largest absolute Gasteiger partial charge is 0.497 e. The summed E-state index contributed by atoms with van der Waals surface area (Å²) in [6.45, 7) is 5.70. The second-order valence-corrected chi connectivity index (χ2v) is 8.16. The summed E-state index contributed by atoms with van der Waals surface area (Å²) >= 11 is 0. The molecule has 29 heavy (non-hydrogen) atoms. The van der Waals surface area contributed by atoms with Crippen LogP contribution in [0.4, 0.5) is 11.4 Å². The fourth-order valence-corrected chi connectivity index (χ4v) is 4.05. The van der Waals surface area contributed by atoms with Crippen molar-refractivity contribution in [2.24, 2.45) is 0 Å². The number of nitrogens with one attached hydrogen (secondary N) is 1. The highest BCUT2D eigenvalue weighted by atomic mass is 32.2. The number of rotatable bonds is 10. The van der Waals surface area contributed by atoms with Gasteiger partial charge in [-0.15, -0.1) is 0 Å². The third-order valence-electron chi connectivity index (χ3n) is 4.13. The molecule has 0 aliphatic heterocycles. The first-order valence-electron chi connectivity index (χ1n) is 9.08. The van der Waals surface area contributed by atoms with Gasteiger partial charge in [0, 0.05) is 11.8 Å². The maximum Gasteiger partial charge on any atom is 0.248 e. The van der Waals surface area contributed by atoms with Crippen molar-refractivity contribution in [1.29, 1.82) is 0 Å². The molecule has 7 nitrogen and oxygen atoms in total. The van der Waals surface area contributed by atoms with Crippen LogP contribution in [0.15, 0.2) is 61.2 Å². The van der Waals surface area contributed by atoms with Gasteiger partial charge < -0.3 is 14.8 Å². The predicted molar refractivity (Wildman–Crippen MR) is 115 cm³/mol. The molecule has 1 atom stereocenters. The van der Waals surface area contributed by atoms with Crippen LogP contribution >= 0.6 is 0 Å². The summed E-state index contributed by atoms with van der Waals surface area (Å²) in [5.41, 5.74) is 0.900. The van der Waals surface area contributed by atoms with Gasteiger partial charge in [0.1, 0.15) is 24.1 Å². The van der Waals surface area contributed by atoms with Crippen molar-refractivity contribution >= 4 is 27.3 Å². The van der Waals surface area contributed by atoms with Crippen LogP contribution in [0.2, 0.25) is 0 Å².